The highest BCUT2D eigenvalue weighted by atomic mass is 19.4. The van der Waals surface area contributed by atoms with Crippen molar-refractivity contribution < 1.29 is 27.9 Å². The number of aliphatic carboxylic acids is 1. The molecule has 0 aromatic heterocycles. The number of carboxylic acids is 1. The molecule has 0 bridgehead atoms. The van der Waals surface area contributed by atoms with Gasteiger partial charge in [0.25, 0.3) is 0 Å². The van der Waals surface area contributed by atoms with Gasteiger partial charge >= 0.3 is 12.1 Å². The first-order valence-corrected chi connectivity index (χ1v) is 4.19. The van der Waals surface area contributed by atoms with Crippen LogP contribution in [0.2, 0.25) is 0 Å². The van der Waals surface area contributed by atoms with E-state index in [1.165, 1.54) is 5.32 Å². The molecule has 0 aliphatic heterocycles. The van der Waals surface area contributed by atoms with Crippen LogP contribution in [-0.4, -0.2) is 28.7 Å². The lowest BCUT2D eigenvalue weighted by Crippen LogP contribution is -2.61. The molecule has 0 aromatic rings. The minimum absolute atomic E-state index is 0.0562. The summed E-state index contributed by atoms with van der Waals surface area (Å²) in [5, 5.41) is 9.88. The summed E-state index contributed by atoms with van der Waals surface area (Å²) >= 11 is 0. The maximum absolute atomic E-state index is 12.4. The summed E-state index contributed by atoms with van der Waals surface area (Å²) in [5.74, 6) is -1.16. The van der Waals surface area contributed by atoms with E-state index in [9.17, 15) is 22.8 Å². The zero-order chi connectivity index (χ0) is 13.0. The van der Waals surface area contributed by atoms with Crippen LogP contribution in [0.4, 0.5) is 13.2 Å². The van der Waals surface area contributed by atoms with Crippen molar-refractivity contribution in [3.63, 3.8) is 0 Å². The summed E-state index contributed by atoms with van der Waals surface area (Å²) in [7, 11) is 0. The van der Waals surface area contributed by atoms with Gasteiger partial charge in [-0.15, -0.1) is 12.3 Å². The molecule has 90 valence electrons. The maximum atomic E-state index is 12.4. The van der Waals surface area contributed by atoms with Crippen molar-refractivity contribution in [2.75, 3.05) is 0 Å². The fourth-order valence-electron chi connectivity index (χ4n) is 0.773. The lowest BCUT2D eigenvalue weighted by Gasteiger charge is -2.28. The molecule has 1 atom stereocenters. The van der Waals surface area contributed by atoms with Crippen LogP contribution < -0.4 is 5.32 Å². The molecule has 1 unspecified atom stereocenters. The van der Waals surface area contributed by atoms with Crippen molar-refractivity contribution in [1.29, 1.82) is 0 Å². The number of amides is 1. The molecule has 0 saturated carbocycles. The lowest BCUT2D eigenvalue weighted by molar-refractivity contribution is -0.206. The zero-order valence-corrected chi connectivity index (χ0v) is 8.39. The third-order valence-electron chi connectivity index (χ3n) is 1.88. The van der Waals surface area contributed by atoms with E-state index in [0.29, 0.717) is 6.92 Å². The third kappa shape index (κ3) is 3.15. The van der Waals surface area contributed by atoms with Gasteiger partial charge in [0.1, 0.15) is 0 Å². The second-order valence-electron chi connectivity index (χ2n) is 3.18. The number of hydrogen-bond acceptors (Lipinski definition) is 2. The molecule has 0 heterocycles. The Kier molecular flexibility index (Phi) is 4.35. The molecule has 2 N–H and O–H groups in total. The highest BCUT2D eigenvalue weighted by Crippen LogP contribution is 2.30. The smallest absolute Gasteiger partial charge is 0.422 e. The summed E-state index contributed by atoms with van der Waals surface area (Å²) in [5.41, 5.74) is -3.29. The molecule has 0 rings (SSSR count). The number of rotatable bonds is 4. The van der Waals surface area contributed by atoms with E-state index in [2.05, 4.69) is 5.92 Å². The Bertz CT molecular complexity index is 332. The van der Waals surface area contributed by atoms with E-state index in [4.69, 9.17) is 11.5 Å². The van der Waals surface area contributed by atoms with Gasteiger partial charge in [0.05, 0.1) is 0 Å². The van der Waals surface area contributed by atoms with Gasteiger partial charge in [-0.25, -0.2) is 4.79 Å². The molecule has 0 spiro atoms. The Balaban J connectivity index is 4.79. The molecular formula is C9H10F3NO3. The Morgan fingerprint density at radius 1 is 1.44 bits per heavy atom. The van der Waals surface area contributed by atoms with E-state index >= 15 is 0 Å². The Morgan fingerprint density at radius 3 is 2.25 bits per heavy atom. The second-order valence-corrected chi connectivity index (χ2v) is 3.18. The van der Waals surface area contributed by atoms with Crippen molar-refractivity contribution in [2.45, 2.75) is 31.5 Å². The first-order valence-electron chi connectivity index (χ1n) is 4.19. The van der Waals surface area contributed by atoms with Gasteiger partial charge in [-0.2, -0.15) is 13.2 Å². The minimum atomic E-state index is -5.08. The second kappa shape index (κ2) is 4.88. The Labute approximate surface area is 89.8 Å². The topological polar surface area (TPSA) is 66.4 Å². The average Bonchev–Trinajstić information content (AvgIpc) is 2.12. The molecule has 0 aliphatic rings. The van der Waals surface area contributed by atoms with Gasteiger partial charge in [-0.3, -0.25) is 4.79 Å². The van der Waals surface area contributed by atoms with Gasteiger partial charge in [0, 0.05) is 12.8 Å². The van der Waals surface area contributed by atoms with Crippen molar-refractivity contribution in [3.8, 4) is 12.3 Å². The number of carbonyl (C=O) groups is 2. The molecule has 0 aromatic carbocycles. The maximum Gasteiger partial charge on any atom is 0.422 e. The number of hydrogen-bond donors (Lipinski definition) is 2. The summed E-state index contributed by atoms with van der Waals surface area (Å²) in [6, 6.07) is 0. The zero-order valence-electron chi connectivity index (χ0n) is 8.39. The van der Waals surface area contributed by atoms with Crippen LogP contribution in [0.3, 0.4) is 0 Å². The van der Waals surface area contributed by atoms with E-state index in [1.807, 2.05) is 0 Å². The van der Waals surface area contributed by atoms with Gasteiger partial charge in [-0.05, 0) is 6.92 Å². The number of carbonyl (C=O) groups excluding carboxylic acids is 1. The molecule has 1 amide bonds. The predicted molar refractivity (Wildman–Crippen MR) is 48.3 cm³/mol. The number of alkyl halides is 3. The molecule has 7 heteroatoms. The van der Waals surface area contributed by atoms with Crippen LogP contribution in [-0.2, 0) is 9.59 Å². The third-order valence-corrected chi connectivity index (χ3v) is 1.88. The monoisotopic (exact) mass is 237 g/mol. The van der Waals surface area contributed by atoms with Crippen molar-refractivity contribution in [3.05, 3.63) is 0 Å². The van der Waals surface area contributed by atoms with Crippen LogP contribution in [0.25, 0.3) is 0 Å². The standard InChI is InChI=1S/C9H10F3NO3/c1-3-4-5-6(14)13-8(2,7(15)16)9(10,11)12/h1H,4-5H2,2H3,(H,13,14)(H,15,16). The molecule has 0 radical (unpaired) electrons. The van der Waals surface area contributed by atoms with E-state index in [-0.39, 0.29) is 12.8 Å². The summed E-state index contributed by atoms with van der Waals surface area (Å²) in [6.45, 7) is 0.378. The summed E-state index contributed by atoms with van der Waals surface area (Å²) in [4.78, 5) is 21.5. The van der Waals surface area contributed by atoms with Crippen LogP contribution >= 0.6 is 0 Å². The van der Waals surface area contributed by atoms with Gasteiger partial charge in [0.2, 0.25) is 11.4 Å². The molecule has 16 heavy (non-hydrogen) atoms. The number of nitrogens with one attached hydrogen (secondary N) is 1. The molecule has 0 saturated heterocycles. The van der Waals surface area contributed by atoms with E-state index in [1.54, 1.807) is 0 Å². The fourth-order valence-corrected chi connectivity index (χ4v) is 0.773. The Hall–Kier alpha value is -1.71. The van der Waals surface area contributed by atoms with E-state index < -0.39 is 23.6 Å². The van der Waals surface area contributed by atoms with Crippen molar-refractivity contribution >= 4 is 11.9 Å². The SMILES string of the molecule is C#CCCC(=O)NC(C)(C(=O)O)C(F)(F)F. The molecular weight excluding hydrogens is 227 g/mol. The van der Waals surface area contributed by atoms with Crippen molar-refractivity contribution in [1.82, 2.24) is 5.32 Å². The first-order chi connectivity index (χ1) is 7.15. The van der Waals surface area contributed by atoms with Crippen LogP contribution in [0.1, 0.15) is 19.8 Å². The van der Waals surface area contributed by atoms with Gasteiger partial charge < -0.3 is 10.4 Å². The van der Waals surface area contributed by atoms with Crippen LogP contribution in [0.15, 0.2) is 0 Å². The van der Waals surface area contributed by atoms with Gasteiger partial charge in [-0.1, -0.05) is 0 Å². The molecule has 4 nitrogen and oxygen atoms in total. The number of carboxylic acid groups (broad SMARTS) is 1. The molecule has 0 fully saturated rings. The first kappa shape index (κ1) is 14.3. The van der Waals surface area contributed by atoms with Crippen molar-refractivity contribution in [2.24, 2.45) is 0 Å². The predicted octanol–water partition coefficient (Wildman–Crippen LogP) is 0.922. The average molecular weight is 237 g/mol. The molecule has 0 aliphatic carbocycles. The largest absolute Gasteiger partial charge is 0.479 e. The van der Waals surface area contributed by atoms with Gasteiger partial charge in [0.15, 0.2) is 0 Å². The Morgan fingerprint density at radius 2 is 1.94 bits per heavy atom. The summed E-state index contributed by atoms with van der Waals surface area (Å²) < 4.78 is 37.2. The quantitative estimate of drug-likeness (QED) is 0.714. The fraction of sp³-hybridized carbons (Fsp3) is 0.556. The summed E-state index contributed by atoms with van der Waals surface area (Å²) in [6.07, 6.45) is -0.669. The highest BCUT2D eigenvalue weighted by molar-refractivity contribution is 5.87. The van der Waals surface area contributed by atoms with Crippen LogP contribution in [0.5, 0.6) is 0 Å². The van der Waals surface area contributed by atoms with E-state index in [0.717, 1.165) is 0 Å². The normalized spacial score (nSPS) is 14.7. The highest BCUT2D eigenvalue weighted by Gasteiger charge is 2.58. The lowest BCUT2D eigenvalue weighted by atomic mass is 10.0. The van der Waals surface area contributed by atoms with Crippen LogP contribution in [0, 0.1) is 12.3 Å². The minimum Gasteiger partial charge on any atom is -0.479 e. The number of halogens is 3. The number of terminal acetylenes is 1.